The molecule has 0 unspecified atom stereocenters. The Morgan fingerprint density at radius 3 is 2.89 bits per heavy atom. The number of aromatic nitrogens is 2. The Labute approximate surface area is 109 Å². The lowest BCUT2D eigenvalue weighted by molar-refractivity contribution is 0.0697. The summed E-state index contributed by atoms with van der Waals surface area (Å²) in [6.07, 6.45) is 1.71. The normalized spacial score (nSPS) is 10.3. The number of rotatable bonds is 4. The minimum absolute atomic E-state index is 0.0895. The highest BCUT2D eigenvalue weighted by Crippen LogP contribution is 2.20. The zero-order valence-corrected chi connectivity index (χ0v) is 10.5. The maximum absolute atomic E-state index is 10.9. The van der Waals surface area contributed by atoms with Gasteiger partial charge in [0, 0.05) is 18.9 Å². The van der Waals surface area contributed by atoms with Crippen LogP contribution >= 0.6 is 11.6 Å². The largest absolute Gasteiger partial charge is 0.478 e. The third kappa shape index (κ3) is 2.62. The van der Waals surface area contributed by atoms with Crippen molar-refractivity contribution in [3.05, 3.63) is 46.7 Å². The average Bonchev–Trinajstić information content (AvgIpc) is 2.73. The molecular formula is C12H12ClN3O2. The first kappa shape index (κ1) is 12.4. The number of anilines is 1. The summed E-state index contributed by atoms with van der Waals surface area (Å²) in [6, 6.07) is 6.71. The van der Waals surface area contributed by atoms with Gasteiger partial charge >= 0.3 is 5.97 Å². The van der Waals surface area contributed by atoms with E-state index in [4.69, 9.17) is 16.7 Å². The van der Waals surface area contributed by atoms with Crippen LogP contribution in [0.15, 0.2) is 30.5 Å². The van der Waals surface area contributed by atoms with Gasteiger partial charge in [-0.15, -0.1) is 0 Å². The van der Waals surface area contributed by atoms with Crippen molar-refractivity contribution in [3.63, 3.8) is 0 Å². The fraction of sp³-hybridized carbons (Fsp3) is 0.167. The molecule has 0 aliphatic carbocycles. The van der Waals surface area contributed by atoms with Crippen LogP contribution in [0.2, 0.25) is 5.02 Å². The SMILES string of the molecule is Cn1nccc1CNc1ccc(Cl)c(C(=O)O)c1. The van der Waals surface area contributed by atoms with Crippen molar-refractivity contribution >= 4 is 23.3 Å². The van der Waals surface area contributed by atoms with E-state index in [-0.39, 0.29) is 10.6 Å². The van der Waals surface area contributed by atoms with E-state index in [9.17, 15) is 4.79 Å². The minimum atomic E-state index is -1.04. The summed E-state index contributed by atoms with van der Waals surface area (Å²) < 4.78 is 1.75. The second-order valence-electron chi connectivity index (χ2n) is 3.80. The minimum Gasteiger partial charge on any atom is -0.478 e. The molecule has 0 radical (unpaired) electrons. The molecule has 1 heterocycles. The second kappa shape index (κ2) is 5.10. The summed E-state index contributed by atoms with van der Waals surface area (Å²) in [7, 11) is 1.85. The number of benzene rings is 1. The van der Waals surface area contributed by atoms with Gasteiger partial charge in [0.25, 0.3) is 0 Å². The molecule has 0 fully saturated rings. The second-order valence-corrected chi connectivity index (χ2v) is 4.21. The lowest BCUT2D eigenvalue weighted by Gasteiger charge is -2.08. The van der Waals surface area contributed by atoms with Crippen molar-refractivity contribution in [1.29, 1.82) is 0 Å². The van der Waals surface area contributed by atoms with E-state index < -0.39 is 5.97 Å². The van der Waals surface area contributed by atoms with Crippen LogP contribution in [-0.2, 0) is 13.6 Å². The summed E-state index contributed by atoms with van der Waals surface area (Å²) >= 11 is 5.79. The van der Waals surface area contributed by atoms with Gasteiger partial charge < -0.3 is 10.4 Å². The van der Waals surface area contributed by atoms with Crippen LogP contribution in [0, 0.1) is 0 Å². The van der Waals surface area contributed by atoms with Gasteiger partial charge in [0.15, 0.2) is 0 Å². The van der Waals surface area contributed by atoms with E-state index in [0.29, 0.717) is 12.2 Å². The Kier molecular flexibility index (Phi) is 3.53. The van der Waals surface area contributed by atoms with Crippen LogP contribution in [0.1, 0.15) is 16.1 Å². The molecule has 2 N–H and O–H groups in total. The lowest BCUT2D eigenvalue weighted by atomic mass is 10.2. The summed E-state index contributed by atoms with van der Waals surface area (Å²) in [5, 5.41) is 16.4. The number of nitrogens with one attached hydrogen (secondary N) is 1. The fourth-order valence-electron chi connectivity index (χ4n) is 1.57. The Morgan fingerprint density at radius 1 is 1.50 bits per heavy atom. The Bertz CT molecular complexity index is 580. The molecule has 0 atom stereocenters. The van der Waals surface area contributed by atoms with E-state index >= 15 is 0 Å². The maximum Gasteiger partial charge on any atom is 0.337 e. The van der Waals surface area contributed by atoms with Gasteiger partial charge in [-0.3, -0.25) is 4.68 Å². The topological polar surface area (TPSA) is 67.2 Å². The molecule has 1 aromatic carbocycles. The third-order valence-corrected chi connectivity index (χ3v) is 2.92. The number of aryl methyl sites for hydroxylation is 1. The van der Waals surface area contributed by atoms with Crippen molar-refractivity contribution in [2.24, 2.45) is 7.05 Å². The van der Waals surface area contributed by atoms with Crippen LogP contribution in [-0.4, -0.2) is 20.9 Å². The van der Waals surface area contributed by atoms with E-state index in [1.165, 1.54) is 6.07 Å². The van der Waals surface area contributed by atoms with Gasteiger partial charge in [0.1, 0.15) is 0 Å². The fourth-order valence-corrected chi connectivity index (χ4v) is 1.76. The number of carboxylic acid groups (broad SMARTS) is 1. The molecule has 0 spiro atoms. The van der Waals surface area contributed by atoms with Crippen molar-refractivity contribution in [1.82, 2.24) is 9.78 Å². The highest BCUT2D eigenvalue weighted by Gasteiger charge is 2.09. The maximum atomic E-state index is 10.9. The molecule has 2 rings (SSSR count). The zero-order valence-electron chi connectivity index (χ0n) is 9.72. The van der Waals surface area contributed by atoms with Crippen LogP contribution in [0.5, 0.6) is 0 Å². The Balaban J connectivity index is 2.13. The molecule has 18 heavy (non-hydrogen) atoms. The molecule has 0 bridgehead atoms. The highest BCUT2D eigenvalue weighted by molar-refractivity contribution is 6.33. The van der Waals surface area contributed by atoms with Gasteiger partial charge in [-0.05, 0) is 24.3 Å². The van der Waals surface area contributed by atoms with Crippen molar-refractivity contribution in [2.75, 3.05) is 5.32 Å². The van der Waals surface area contributed by atoms with Crippen LogP contribution in [0.3, 0.4) is 0 Å². The number of carboxylic acids is 1. The average molecular weight is 266 g/mol. The monoisotopic (exact) mass is 265 g/mol. The first-order chi connectivity index (χ1) is 8.58. The number of halogens is 1. The molecule has 0 aliphatic rings. The van der Waals surface area contributed by atoms with Crippen LogP contribution < -0.4 is 5.32 Å². The standard InChI is InChI=1S/C12H12ClN3O2/c1-16-9(4-5-15-16)7-14-8-2-3-11(13)10(6-8)12(17)18/h2-6,14H,7H2,1H3,(H,17,18). The Morgan fingerprint density at radius 2 is 2.28 bits per heavy atom. The Hall–Kier alpha value is -2.01. The van der Waals surface area contributed by atoms with Crippen LogP contribution in [0.25, 0.3) is 0 Å². The van der Waals surface area contributed by atoms with Gasteiger partial charge in [0.2, 0.25) is 0 Å². The quantitative estimate of drug-likeness (QED) is 0.891. The molecule has 0 saturated heterocycles. The third-order valence-electron chi connectivity index (χ3n) is 2.59. The van der Waals surface area contributed by atoms with E-state index in [1.54, 1.807) is 23.0 Å². The first-order valence-corrected chi connectivity index (χ1v) is 5.69. The summed E-state index contributed by atoms with van der Waals surface area (Å²) in [4.78, 5) is 10.9. The molecule has 0 aliphatic heterocycles. The molecule has 0 saturated carbocycles. The smallest absolute Gasteiger partial charge is 0.337 e. The predicted molar refractivity (Wildman–Crippen MR) is 68.9 cm³/mol. The molecule has 1 aromatic heterocycles. The number of hydrogen-bond donors (Lipinski definition) is 2. The number of nitrogens with zero attached hydrogens (tertiary/aromatic N) is 2. The summed E-state index contributed by atoms with van der Waals surface area (Å²) in [6.45, 7) is 0.567. The number of hydrogen-bond acceptors (Lipinski definition) is 3. The molecule has 0 amide bonds. The summed E-state index contributed by atoms with van der Waals surface area (Å²) in [5.74, 6) is -1.04. The van der Waals surface area contributed by atoms with Gasteiger partial charge in [-0.25, -0.2) is 4.79 Å². The van der Waals surface area contributed by atoms with Crippen molar-refractivity contribution in [3.8, 4) is 0 Å². The van der Waals surface area contributed by atoms with Gasteiger partial charge in [-0.1, -0.05) is 11.6 Å². The lowest BCUT2D eigenvalue weighted by Crippen LogP contribution is -2.06. The molecule has 2 aromatic rings. The van der Waals surface area contributed by atoms with E-state index in [0.717, 1.165) is 5.69 Å². The van der Waals surface area contributed by atoms with Gasteiger partial charge in [-0.2, -0.15) is 5.10 Å². The van der Waals surface area contributed by atoms with Crippen LogP contribution in [0.4, 0.5) is 5.69 Å². The van der Waals surface area contributed by atoms with Crippen molar-refractivity contribution < 1.29 is 9.90 Å². The predicted octanol–water partition coefficient (Wildman–Crippen LogP) is 2.38. The van der Waals surface area contributed by atoms with Crippen molar-refractivity contribution in [2.45, 2.75) is 6.54 Å². The zero-order chi connectivity index (χ0) is 13.1. The molecule has 6 heteroatoms. The van der Waals surface area contributed by atoms with E-state index in [1.807, 2.05) is 13.1 Å². The highest BCUT2D eigenvalue weighted by atomic mass is 35.5. The van der Waals surface area contributed by atoms with E-state index in [2.05, 4.69) is 10.4 Å². The molecular weight excluding hydrogens is 254 g/mol. The summed E-state index contributed by atoms with van der Waals surface area (Å²) in [5.41, 5.74) is 1.80. The number of aromatic carboxylic acids is 1. The van der Waals surface area contributed by atoms with Gasteiger partial charge in [0.05, 0.1) is 22.8 Å². The molecule has 5 nitrogen and oxygen atoms in total. The first-order valence-electron chi connectivity index (χ1n) is 5.31. The number of carbonyl (C=O) groups is 1. The molecule has 94 valence electrons.